The molecule has 0 amide bonds. The molecule has 150 valence electrons. The second-order valence-corrected chi connectivity index (χ2v) is 8.24. The number of hydrogen-bond acceptors (Lipinski definition) is 6. The minimum atomic E-state index is -2.24. The van der Waals surface area contributed by atoms with Crippen molar-refractivity contribution in [3.63, 3.8) is 0 Å². The van der Waals surface area contributed by atoms with Crippen LogP contribution in [0, 0.1) is 13.8 Å². The number of aliphatic hydroxyl groups excluding tert-OH is 3. The minimum Gasteiger partial charge on any atom is -0.394 e. The van der Waals surface area contributed by atoms with Gasteiger partial charge in [-0.1, -0.05) is 54.1 Å². The van der Waals surface area contributed by atoms with Crippen LogP contribution in [0.2, 0.25) is 0 Å². The second-order valence-electron chi connectivity index (χ2n) is 8.24. The summed E-state index contributed by atoms with van der Waals surface area (Å²) in [7, 11) is 0. The number of aryl methyl sites for hydroxylation is 2. The molecule has 0 saturated heterocycles. The number of hydrogen-bond donors (Lipinski definition) is 6. The lowest BCUT2D eigenvalue weighted by Crippen LogP contribution is -2.99. The van der Waals surface area contributed by atoms with Crippen LogP contribution >= 0.6 is 0 Å². The fourth-order valence-corrected chi connectivity index (χ4v) is 5.61. The molecule has 0 spiro atoms. The van der Waals surface area contributed by atoms with Gasteiger partial charge in [-0.3, -0.25) is 0 Å². The van der Waals surface area contributed by atoms with Crippen LogP contribution in [0.4, 0.5) is 0 Å². The summed E-state index contributed by atoms with van der Waals surface area (Å²) >= 11 is 0. The average molecular weight is 386 g/mol. The van der Waals surface area contributed by atoms with Crippen molar-refractivity contribution in [3.05, 3.63) is 70.8 Å². The molecule has 2 fully saturated rings. The first kappa shape index (κ1) is 19.5. The molecule has 6 nitrogen and oxygen atoms in total. The van der Waals surface area contributed by atoms with E-state index in [1.165, 1.54) is 0 Å². The van der Waals surface area contributed by atoms with E-state index in [2.05, 4.69) is 0 Å². The van der Waals surface area contributed by atoms with Gasteiger partial charge in [0.2, 0.25) is 0 Å². The molecular weight excluding hydrogens is 360 g/mol. The number of benzene rings is 2. The summed E-state index contributed by atoms with van der Waals surface area (Å²) in [6.07, 6.45) is -3.06. The van der Waals surface area contributed by atoms with E-state index in [0.29, 0.717) is 11.1 Å². The Morgan fingerprint density at radius 3 is 2.21 bits per heavy atom. The van der Waals surface area contributed by atoms with Gasteiger partial charge in [-0.15, -0.1) is 0 Å². The van der Waals surface area contributed by atoms with Gasteiger partial charge in [0.05, 0.1) is 18.6 Å². The predicted octanol–water partition coefficient (Wildman–Crippen LogP) is 0.105. The van der Waals surface area contributed by atoms with Gasteiger partial charge in [-0.25, -0.2) is 0 Å². The van der Waals surface area contributed by atoms with E-state index in [0.717, 1.165) is 11.1 Å². The Balaban J connectivity index is 1.87. The highest BCUT2D eigenvalue weighted by Gasteiger charge is 2.93. The monoisotopic (exact) mass is 386 g/mol. The van der Waals surface area contributed by atoms with Gasteiger partial charge in [-0.2, -0.15) is 0 Å². The predicted molar refractivity (Wildman–Crippen MR) is 102 cm³/mol. The van der Waals surface area contributed by atoms with Gasteiger partial charge in [0.25, 0.3) is 0 Å². The third-order valence-electron chi connectivity index (χ3n) is 6.89. The van der Waals surface area contributed by atoms with E-state index in [1.807, 2.05) is 26.0 Å². The van der Waals surface area contributed by atoms with Crippen LogP contribution in [0.25, 0.3) is 0 Å². The zero-order valence-corrected chi connectivity index (χ0v) is 15.8. The maximum atomic E-state index is 11.5. The standard InChI is InChI=1S/C22H26O6/c1-12-8-9-15(13(2)10-12)17-19(25)21(27)18(14-6-4-3-5-7-14)20(26,16(24)11-23)22(17,21)28/h3-10,16-19,23-28H,11H2,1-2H3/t16-,17?,18?,19?,20+,21+,22+/m1/s1. The van der Waals surface area contributed by atoms with Crippen LogP contribution in [0.15, 0.2) is 48.5 Å². The van der Waals surface area contributed by atoms with Gasteiger partial charge in [0.15, 0.2) is 0 Å². The summed E-state index contributed by atoms with van der Waals surface area (Å²) in [5, 5.41) is 65.3. The summed E-state index contributed by atoms with van der Waals surface area (Å²) in [6.45, 7) is 2.94. The van der Waals surface area contributed by atoms with Gasteiger partial charge in [-0.05, 0) is 30.5 Å². The zero-order valence-electron chi connectivity index (χ0n) is 15.8. The third kappa shape index (κ3) is 1.98. The van der Waals surface area contributed by atoms with E-state index in [1.54, 1.807) is 36.4 Å². The Morgan fingerprint density at radius 1 is 1.00 bits per heavy atom. The van der Waals surface area contributed by atoms with Gasteiger partial charge in [0.1, 0.15) is 22.9 Å². The van der Waals surface area contributed by atoms with Gasteiger partial charge in [0, 0.05) is 5.92 Å². The van der Waals surface area contributed by atoms with E-state index in [9.17, 15) is 30.6 Å². The molecule has 2 saturated carbocycles. The van der Waals surface area contributed by atoms with E-state index >= 15 is 0 Å². The van der Waals surface area contributed by atoms with E-state index in [-0.39, 0.29) is 0 Å². The summed E-state index contributed by atoms with van der Waals surface area (Å²) < 4.78 is 0. The Bertz CT molecular complexity index is 901. The smallest absolute Gasteiger partial charge is 0.138 e. The molecule has 6 N–H and O–H groups in total. The van der Waals surface area contributed by atoms with Crippen LogP contribution in [-0.4, -0.2) is 66.3 Å². The normalized spacial score (nSPS) is 40.2. The van der Waals surface area contributed by atoms with Gasteiger partial charge >= 0.3 is 0 Å². The van der Waals surface area contributed by atoms with Crippen molar-refractivity contribution >= 4 is 0 Å². The van der Waals surface area contributed by atoms with E-state index in [4.69, 9.17) is 0 Å². The Kier molecular flexibility index (Phi) is 4.25. The summed E-state index contributed by atoms with van der Waals surface area (Å²) in [6, 6.07) is 13.9. The molecule has 0 aliphatic heterocycles. The third-order valence-corrected chi connectivity index (χ3v) is 6.89. The Hall–Kier alpha value is -1.80. The summed E-state index contributed by atoms with van der Waals surface area (Å²) in [4.78, 5) is 0. The maximum absolute atomic E-state index is 11.5. The van der Waals surface area contributed by atoms with Crippen molar-refractivity contribution in [1.82, 2.24) is 0 Å². The van der Waals surface area contributed by atoms with Crippen LogP contribution in [-0.2, 0) is 0 Å². The van der Waals surface area contributed by atoms with Crippen molar-refractivity contribution in [3.8, 4) is 0 Å². The first-order chi connectivity index (χ1) is 13.2. The first-order valence-electron chi connectivity index (χ1n) is 9.41. The highest BCUT2D eigenvalue weighted by molar-refractivity contribution is 5.56. The molecule has 0 bridgehead atoms. The maximum Gasteiger partial charge on any atom is 0.138 e. The highest BCUT2D eigenvalue weighted by Crippen LogP contribution is 2.75. The molecule has 2 aliphatic carbocycles. The molecule has 0 radical (unpaired) electrons. The molecule has 7 atom stereocenters. The van der Waals surface area contributed by atoms with Crippen molar-refractivity contribution in [1.29, 1.82) is 0 Å². The second kappa shape index (κ2) is 6.10. The zero-order chi connectivity index (χ0) is 20.5. The first-order valence-corrected chi connectivity index (χ1v) is 9.41. The molecule has 2 aliphatic rings. The average Bonchev–Trinajstić information content (AvgIpc) is 2.69. The molecule has 6 heteroatoms. The molecule has 3 unspecified atom stereocenters. The van der Waals surface area contributed by atoms with Crippen LogP contribution < -0.4 is 0 Å². The Morgan fingerprint density at radius 2 is 1.64 bits per heavy atom. The fraction of sp³-hybridized carbons (Fsp3) is 0.455. The van der Waals surface area contributed by atoms with Crippen LogP contribution in [0.5, 0.6) is 0 Å². The molecule has 28 heavy (non-hydrogen) atoms. The highest BCUT2D eigenvalue weighted by atomic mass is 16.5. The lowest BCUT2D eigenvalue weighted by atomic mass is 9.30. The van der Waals surface area contributed by atoms with Crippen molar-refractivity contribution in [2.24, 2.45) is 0 Å². The lowest BCUT2D eigenvalue weighted by molar-refractivity contribution is -0.459. The number of fused-ring (bicyclic) bond motifs is 1. The van der Waals surface area contributed by atoms with Crippen molar-refractivity contribution in [2.45, 2.75) is 54.7 Å². The van der Waals surface area contributed by atoms with Crippen LogP contribution in [0.3, 0.4) is 0 Å². The molecule has 4 rings (SSSR count). The topological polar surface area (TPSA) is 121 Å². The van der Waals surface area contributed by atoms with Crippen molar-refractivity contribution < 1.29 is 30.6 Å². The molecule has 2 aromatic rings. The summed E-state index contributed by atoms with van der Waals surface area (Å²) in [5.41, 5.74) is -3.67. The fourth-order valence-electron chi connectivity index (χ4n) is 5.61. The van der Waals surface area contributed by atoms with E-state index < -0.39 is 47.5 Å². The number of rotatable bonds is 4. The van der Waals surface area contributed by atoms with Crippen LogP contribution in [0.1, 0.15) is 34.1 Å². The Labute approximate surface area is 163 Å². The molecule has 2 aromatic carbocycles. The quantitative estimate of drug-likeness (QED) is 0.444. The minimum absolute atomic E-state index is 0.461. The summed E-state index contributed by atoms with van der Waals surface area (Å²) in [5.74, 6) is -2.17. The van der Waals surface area contributed by atoms with Crippen molar-refractivity contribution in [2.75, 3.05) is 6.61 Å². The molecule has 0 aromatic heterocycles. The molecular formula is C22H26O6. The largest absolute Gasteiger partial charge is 0.394 e. The number of aliphatic hydroxyl groups is 6. The van der Waals surface area contributed by atoms with Gasteiger partial charge < -0.3 is 30.6 Å². The lowest BCUT2D eigenvalue weighted by Gasteiger charge is -2.80. The SMILES string of the molecule is Cc1ccc(C2C(O)[C@@]3(O)C(c4ccccc4)[C@@](O)([C@H](O)CO)[C@@]23O)c(C)c1. The molecule has 0 heterocycles.